The smallest absolute Gasteiger partial charge is 0.136 e. The van der Waals surface area contributed by atoms with Crippen LogP contribution in [0, 0.1) is 6.92 Å². The number of aryl methyl sites for hydroxylation is 1. The number of rotatable bonds is 4. The lowest BCUT2D eigenvalue weighted by atomic mass is 10.2. The van der Waals surface area contributed by atoms with Gasteiger partial charge in [-0.05, 0) is 25.1 Å². The van der Waals surface area contributed by atoms with Crippen LogP contribution in [0.2, 0.25) is 0 Å². The molecule has 20 heavy (non-hydrogen) atoms. The number of nitrogens with zero attached hydrogens (tertiary/aromatic N) is 2. The molecule has 0 amide bonds. The number of benzene rings is 1. The van der Waals surface area contributed by atoms with E-state index in [0.29, 0.717) is 0 Å². The highest BCUT2D eigenvalue weighted by Crippen LogP contribution is 2.21. The second-order valence-corrected chi connectivity index (χ2v) is 4.65. The van der Waals surface area contributed by atoms with Crippen LogP contribution in [0.3, 0.4) is 0 Å². The number of hydrogen-bond donors (Lipinski definition) is 1. The third-order valence-corrected chi connectivity index (χ3v) is 3.48. The van der Waals surface area contributed by atoms with Gasteiger partial charge in [0.1, 0.15) is 11.4 Å². The number of para-hydroxylation sites is 1. The van der Waals surface area contributed by atoms with E-state index in [1.807, 2.05) is 36.7 Å². The summed E-state index contributed by atoms with van der Waals surface area (Å²) in [5.41, 5.74) is 4.35. The van der Waals surface area contributed by atoms with Crippen LogP contribution in [-0.4, -0.2) is 16.5 Å². The summed E-state index contributed by atoms with van der Waals surface area (Å²) in [5, 5.41) is 3.46. The Morgan fingerprint density at radius 2 is 2.05 bits per heavy atom. The second kappa shape index (κ2) is 5.25. The molecule has 0 bridgehead atoms. The zero-order valence-electron chi connectivity index (χ0n) is 11.6. The highest BCUT2D eigenvalue weighted by Gasteiger charge is 2.05. The number of fused-ring (bicyclic) bond motifs is 1. The molecule has 0 aliphatic heterocycles. The fourth-order valence-electron chi connectivity index (χ4n) is 2.36. The molecule has 2 aromatic heterocycles. The summed E-state index contributed by atoms with van der Waals surface area (Å²) in [7, 11) is 1.70. The minimum Gasteiger partial charge on any atom is -0.496 e. The van der Waals surface area contributed by atoms with Crippen LogP contribution in [0.15, 0.2) is 48.8 Å². The SMILES string of the molecule is COc1ccccc1CNc1ccc2nccn2c1C. The van der Waals surface area contributed by atoms with Crippen LogP contribution in [-0.2, 0) is 6.54 Å². The molecule has 4 heteroatoms. The van der Waals surface area contributed by atoms with E-state index in [1.54, 1.807) is 7.11 Å². The number of nitrogens with one attached hydrogen (secondary N) is 1. The maximum atomic E-state index is 5.37. The summed E-state index contributed by atoms with van der Waals surface area (Å²) >= 11 is 0. The van der Waals surface area contributed by atoms with Crippen LogP contribution in [0.1, 0.15) is 11.3 Å². The highest BCUT2D eigenvalue weighted by atomic mass is 16.5. The van der Waals surface area contributed by atoms with Gasteiger partial charge < -0.3 is 14.5 Å². The van der Waals surface area contributed by atoms with Crippen LogP contribution in [0.4, 0.5) is 5.69 Å². The number of ether oxygens (including phenoxy) is 1. The van der Waals surface area contributed by atoms with E-state index >= 15 is 0 Å². The summed E-state index contributed by atoms with van der Waals surface area (Å²) in [4.78, 5) is 4.28. The number of aromatic nitrogens is 2. The molecule has 0 unspecified atom stereocenters. The minimum absolute atomic E-state index is 0.727. The van der Waals surface area contributed by atoms with E-state index in [2.05, 4.69) is 33.8 Å². The molecule has 3 rings (SSSR count). The average Bonchev–Trinajstić information content (AvgIpc) is 2.96. The first-order chi connectivity index (χ1) is 9.79. The number of imidazole rings is 1. The highest BCUT2D eigenvalue weighted by molar-refractivity contribution is 5.55. The summed E-state index contributed by atoms with van der Waals surface area (Å²) in [6.45, 7) is 2.81. The van der Waals surface area contributed by atoms with Gasteiger partial charge in [0, 0.05) is 30.2 Å². The van der Waals surface area contributed by atoms with E-state index in [9.17, 15) is 0 Å². The Bertz CT molecular complexity index is 733. The van der Waals surface area contributed by atoms with Crippen molar-refractivity contribution in [2.24, 2.45) is 0 Å². The molecule has 4 nitrogen and oxygen atoms in total. The van der Waals surface area contributed by atoms with Gasteiger partial charge in [0.25, 0.3) is 0 Å². The van der Waals surface area contributed by atoms with E-state index < -0.39 is 0 Å². The van der Waals surface area contributed by atoms with Crippen LogP contribution >= 0.6 is 0 Å². The van der Waals surface area contributed by atoms with Crippen molar-refractivity contribution in [3.8, 4) is 5.75 Å². The van der Waals surface area contributed by atoms with Crippen LogP contribution in [0.25, 0.3) is 5.65 Å². The van der Waals surface area contributed by atoms with E-state index in [4.69, 9.17) is 4.74 Å². The Kier molecular flexibility index (Phi) is 3.29. The van der Waals surface area contributed by atoms with Crippen molar-refractivity contribution in [2.45, 2.75) is 13.5 Å². The first kappa shape index (κ1) is 12.5. The molecule has 0 spiro atoms. The lowest BCUT2D eigenvalue weighted by Gasteiger charge is -2.13. The van der Waals surface area contributed by atoms with Gasteiger partial charge in [-0.15, -0.1) is 0 Å². The fourth-order valence-corrected chi connectivity index (χ4v) is 2.36. The van der Waals surface area contributed by atoms with E-state index in [1.165, 1.54) is 0 Å². The summed E-state index contributed by atoms with van der Waals surface area (Å²) < 4.78 is 7.44. The largest absolute Gasteiger partial charge is 0.496 e. The molecule has 0 fully saturated rings. The predicted molar refractivity (Wildman–Crippen MR) is 80.2 cm³/mol. The molecule has 2 heterocycles. The summed E-state index contributed by atoms with van der Waals surface area (Å²) in [6, 6.07) is 12.1. The van der Waals surface area contributed by atoms with Crippen LogP contribution < -0.4 is 10.1 Å². The van der Waals surface area contributed by atoms with Crippen molar-refractivity contribution in [2.75, 3.05) is 12.4 Å². The molecule has 0 saturated carbocycles. The molecule has 102 valence electrons. The fraction of sp³-hybridized carbons (Fsp3) is 0.188. The molecule has 0 aliphatic rings. The lowest BCUT2D eigenvalue weighted by Crippen LogP contribution is -2.05. The molecule has 0 aliphatic carbocycles. The second-order valence-electron chi connectivity index (χ2n) is 4.65. The van der Waals surface area contributed by atoms with Crippen molar-refractivity contribution >= 4 is 11.3 Å². The van der Waals surface area contributed by atoms with Gasteiger partial charge in [-0.25, -0.2) is 4.98 Å². The number of anilines is 1. The molecule has 1 N–H and O–H groups in total. The van der Waals surface area contributed by atoms with Crippen molar-refractivity contribution in [3.05, 3.63) is 60.0 Å². The zero-order chi connectivity index (χ0) is 13.9. The van der Waals surface area contributed by atoms with Gasteiger partial charge in [0.2, 0.25) is 0 Å². The topological polar surface area (TPSA) is 38.6 Å². The van der Waals surface area contributed by atoms with Gasteiger partial charge in [0.05, 0.1) is 12.8 Å². The maximum absolute atomic E-state index is 5.37. The van der Waals surface area contributed by atoms with Gasteiger partial charge in [-0.3, -0.25) is 0 Å². The third-order valence-electron chi connectivity index (χ3n) is 3.48. The molecule has 1 aromatic carbocycles. The number of pyridine rings is 1. The molecule has 3 aromatic rings. The molecule has 0 atom stereocenters. The van der Waals surface area contributed by atoms with Gasteiger partial charge in [0.15, 0.2) is 0 Å². The molecule has 0 saturated heterocycles. The summed E-state index contributed by atoms with van der Waals surface area (Å²) in [5.74, 6) is 0.904. The Morgan fingerprint density at radius 3 is 2.90 bits per heavy atom. The Labute approximate surface area is 118 Å². The van der Waals surface area contributed by atoms with Crippen LogP contribution in [0.5, 0.6) is 5.75 Å². The average molecular weight is 267 g/mol. The van der Waals surface area contributed by atoms with E-state index in [-0.39, 0.29) is 0 Å². The maximum Gasteiger partial charge on any atom is 0.136 e. The molecular weight excluding hydrogens is 250 g/mol. The van der Waals surface area contributed by atoms with Crippen molar-refractivity contribution in [3.63, 3.8) is 0 Å². The normalized spacial score (nSPS) is 10.7. The monoisotopic (exact) mass is 267 g/mol. The van der Waals surface area contributed by atoms with Crippen molar-refractivity contribution in [1.29, 1.82) is 0 Å². The minimum atomic E-state index is 0.727. The van der Waals surface area contributed by atoms with Gasteiger partial charge in [-0.1, -0.05) is 18.2 Å². The number of methoxy groups -OCH3 is 1. The third kappa shape index (κ3) is 2.20. The summed E-state index contributed by atoms with van der Waals surface area (Å²) in [6.07, 6.45) is 3.78. The quantitative estimate of drug-likeness (QED) is 0.788. The van der Waals surface area contributed by atoms with Gasteiger partial charge >= 0.3 is 0 Å². The zero-order valence-corrected chi connectivity index (χ0v) is 11.6. The standard InChI is InChI=1S/C16H17N3O/c1-12-14(7-8-16-17-9-10-19(12)16)18-11-13-5-3-4-6-15(13)20-2/h3-10,18H,11H2,1-2H3. The lowest BCUT2D eigenvalue weighted by molar-refractivity contribution is 0.410. The number of hydrogen-bond acceptors (Lipinski definition) is 3. The van der Waals surface area contributed by atoms with E-state index in [0.717, 1.165) is 34.9 Å². The van der Waals surface area contributed by atoms with Gasteiger partial charge in [-0.2, -0.15) is 0 Å². The Hall–Kier alpha value is -2.49. The first-order valence-corrected chi connectivity index (χ1v) is 6.58. The van der Waals surface area contributed by atoms with Crippen molar-refractivity contribution < 1.29 is 4.74 Å². The van der Waals surface area contributed by atoms with Crippen molar-refractivity contribution in [1.82, 2.24) is 9.38 Å². The molecule has 0 radical (unpaired) electrons. The predicted octanol–water partition coefficient (Wildman–Crippen LogP) is 3.26. The Balaban J connectivity index is 1.85. The first-order valence-electron chi connectivity index (χ1n) is 6.58. The molecular formula is C16H17N3O. The Morgan fingerprint density at radius 1 is 1.20 bits per heavy atom.